The maximum atomic E-state index is 13.7. The summed E-state index contributed by atoms with van der Waals surface area (Å²) >= 11 is 6.53. The highest BCUT2D eigenvalue weighted by Gasteiger charge is 2.12. The molecule has 0 aliphatic rings. The van der Waals surface area contributed by atoms with Crippen LogP contribution in [0.15, 0.2) is 30.3 Å². The van der Waals surface area contributed by atoms with Crippen LogP contribution in [0.4, 0.5) is 4.39 Å². The molecule has 0 aliphatic heterocycles. The third kappa shape index (κ3) is 4.41. The number of benzene rings is 2. The zero-order valence-corrected chi connectivity index (χ0v) is 16.8. The Bertz CT molecular complexity index is 681. The summed E-state index contributed by atoms with van der Waals surface area (Å²) < 4.78 is 22.3. The smallest absolute Gasteiger partial charge is 0.335 e. The van der Waals surface area contributed by atoms with Gasteiger partial charge >= 0.3 is 5.97 Å². The molecule has 0 fully saturated rings. The van der Waals surface area contributed by atoms with E-state index in [0.717, 1.165) is 16.8 Å². The summed E-state index contributed by atoms with van der Waals surface area (Å²) in [6.45, 7) is -0.0143. The number of hydrogen-bond donors (Lipinski definition) is 1. The van der Waals surface area contributed by atoms with E-state index in [1.54, 1.807) is 0 Å². The second-order valence-corrected chi connectivity index (χ2v) is 7.67. The first-order valence-electron chi connectivity index (χ1n) is 5.67. The van der Waals surface area contributed by atoms with Gasteiger partial charge in [-0.1, -0.05) is 0 Å². The molecular weight excluding hydrogens is 616 g/mol. The van der Waals surface area contributed by atoms with Crippen molar-refractivity contribution in [1.29, 1.82) is 0 Å². The number of halogens is 4. The molecule has 3 nitrogen and oxygen atoms in total. The molecule has 0 heterocycles. The van der Waals surface area contributed by atoms with Crippen LogP contribution in [0.25, 0.3) is 0 Å². The van der Waals surface area contributed by atoms with Gasteiger partial charge in [0.15, 0.2) is 0 Å². The van der Waals surface area contributed by atoms with E-state index in [4.69, 9.17) is 9.84 Å². The Hall–Kier alpha value is -0.170. The second kappa shape index (κ2) is 7.40. The Morgan fingerprint density at radius 3 is 2.33 bits per heavy atom. The number of aromatic carboxylic acids is 1. The SMILES string of the molecule is O=C(O)c1ccc(F)c(COc2c(I)cc(I)cc2I)c1. The van der Waals surface area contributed by atoms with Gasteiger partial charge in [-0.15, -0.1) is 0 Å². The topological polar surface area (TPSA) is 46.5 Å². The Balaban J connectivity index is 2.24. The molecule has 0 bridgehead atoms. The van der Waals surface area contributed by atoms with Gasteiger partial charge in [-0.25, -0.2) is 9.18 Å². The molecule has 0 atom stereocenters. The first-order valence-corrected chi connectivity index (χ1v) is 8.91. The van der Waals surface area contributed by atoms with Crippen molar-refractivity contribution in [3.8, 4) is 5.75 Å². The van der Waals surface area contributed by atoms with E-state index in [9.17, 15) is 9.18 Å². The summed E-state index contributed by atoms with van der Waals surface area (Å²) in [5.41, 5.74) is 0.266. The van der Waals surface area contributed by atoms with Gasteiger partial charge in [0.25, 0.3) is 0 Å². The van der Waals surface area contributed by atoms with Gasteiger partial charge in [0.2, 0.25) is 0 Å². The van der Waals surface area contributed by atoms with Crippen LogP contribution >= 0.6 is 67.8 Å². The van der Waals surface area contributed by atoms with Crippen molar-refractivity contribution in [2.45, 2.75) is 6.61 Å². The minimum atomic E-state index is -1.09. The van der Waals surface area contributed by atoms with E-state index in [2.05, 4.69) is 67.8 Å². The minimum absolute atomic E-state index is 0.0143. The van der Waals surface area contributed by atoms with Gasteiger partial charge in [0.1, 0.15) is 18.2 Å². The van der Waals surface area contributed by atoms with Crippen LogP contribution in [0.1, 0.15) is 15.9 Å². The van der Waals surface area contributed by atoms with Crippen LogP contribution in [0.3, 0.4) is 0 Å². The fourth-order valence-corrected chi connectivity index (χ4v) is 5.53. The number of carbonyl (C=O) groups is 1. The maximum absolute atomic E-state index is 13.7. The molecule has 2 aromatic rings. The molecule has 2 aromatic carbocycles. The number of rotatable bonds is 4. The number of carboxylic acids is 1. The quantitative estimate of drug-likeness (QED) is 0.493. The highest BCUT2D eigenvalue weighted by atomic mass is 127. The molecule has 0 unspecified atom stereocenters. The number of carboxylic acid groups (broad SMARTS) is 1. The van der Waals surface area contributed by atoms with E-state index in [0.29, 0.717) is 5.75 Å². The highest BCUT2D eigenvalue weighted by Crippen LogP contribution is 2.30. The lowest BCUT2D eigenvalue weighted by molar-refractivity contribution is 0.0696. The summed E-state index contributed by atoms with van der Waals surface area (Å²) in [6.07, 6.45) is 0. The molecule has 110 valence electrons. The molecule has 2 rings (SSSR count). The Kier molecular flexibility index (Phi) is 6.05. The van der Waals surface area contributed by atoms with E-state index in [1.807, 2.05) is 12.1 Å². The van der Waals surface area contributed by atoms with Gasteiger partial charge in [-0.05, 0) is 98.1 Å². The van der Waals surface area contributed by atoms with Crippen LogP contribution in [0.5, 0.6) is 5.75 Å². The lowest BCUT2D eigenvalue weighted by Gasteiger charge is -2.12. The Morgan fingerprint density at radius 1 is 1.14 bits per heavy atom. The van der Waals surface area contributed by atoms with Crippen molar-refractivity contribution in [1.82, 2.24) is 0 Å². The largest absolute Gasteiger partial charge is 0.487 e. The van der Waals surface area contributed by atoms with Gasteiger partial charge < -0.3 is 9.84 Å². The van der Waals surface area contributed by atoms with Crippen molar-refractivity contribution in [3.05, 3.63) is 58.0 Å². The average Bonchev–Trinajstić information content (AvgIpc) is 2.39. The molecule has 1 N–H and O–H groups in total. The molecule has 0 radical (unpaired) electrons. The summed E-state index contributed by atoms with van der Waals surface area (Å²) in [7, 11) is 0. The lowest BCUT2D eigenvalue weighted by atomic mass is 10.1. The van der Waals surface area contributed by atoms with Crippen LogP contribution < -0.4 is 4.74 Å². The molecule has 7 heteroatoms. The Morgan fingerprint density at radius 2 is 1.76 bits per heavy atom. The van der Waals surface area contributed by atoms with Crippen molar-refractivity contribution in [2.75, 3.05) is 0 Å². The van der Waals surface area contributed by atoms with E-state index in [1.165, 1.54) is 12.1 Å². The summed E-state index contributed by atoms with van der Waals surface area (Å²) in [4.78, 5) is 10.9. The Labute approximate surface area is 161 Å². The number of hydrogen-bond acceptors (Lipinski definition) is 2. The van der Waals surface area contributed by atoms with Crippen molar-refractivity contribution in [2.24, 2.45) is 0 Å². The molecule has 21 heavy (non-hydrogen) atoms. The fraction of sp³-hybridized carbons (Fsp3) is 0.0714. The first-order chi connectivity index (χ1) is 9.88. The zero-order chi connectivity index (χ0) is 15.6. The fourth-order valence-electron chi connectivity index (χ4n) is 1.64. The predicted molar refractivity (Wildman–Crippen MR) is 102 cm³/mol. The first kappa shape index (κ1) is 17.2. The monoisotopic (exact) mass is 624 g/mol. The molecule has 0 saturated carbocycles. The zero-order valence-electron chi connectivity index (χ0n) is 10.4. The van der Waals surface area contributed by atoms with Crippen molar-refractivity contribution >= 4 is 73.7 Å². The predicted octanol–water partition coefficient (Wildman–Crippen LogP) is 4.92. The van der Waals surface area contributed by atoms with Gasteiger partial charge in [-0.2, -0.15) is 0 Å². The van der Waals surface area contributed by atoms with Gasteiger partial charge in [-0.3, -0.25) is 0 Å². The normalized spacial score (nSPS) is 10.5. The van der Waals surface area contributed by atoms with E-state index in [-0.39, 0.29) is 17.7 Å². The molecule has 0 aliphatic carbocycles. The molecule has 0 spiro atoms. The van der Waals surface area contributed by atoms with Crippen LogP contribution in [0.2, 0.25) is 0 Å². The average molecular weight is 624 g/mol. The van der Waals surface area contributed by atoms with Crippen molar-refractivity contribution in [3.63, 3.8) is 0 Å². The van der Waals surface area contributed by atoms with Crippen LogP contribution in [0, 0.1) is 16.5 Å². The third-order valence-electron chi connectivity index (χ3n) is 2.63. The van der Waals surface area contributed by atoms with Gasteiger partial charge in [0, 0.05) is 9.13 Å². The van der Waals surface area contributed by atoms with Gasteiger partial charge in [0.05, 0.1) is 12.7 Å². The third-order valence-corrected chi connectivity index (χ3v) is 4.85. The minimum Gasteiger partial charge on any atom is -0.487 e. The standard InChI is InChI=1S/C14H8FI3O3/c15-10-2-1-7(14(19)20)3-8(10)6-21-13-11(17)4-9(16)5-12(13)18/h1-5H,6H2,(H,19,20). The summed E-state index contributed by atoms with van der Waals surface area (Å²) in [5.74, 6) is -0.887. The van der Waals surface area contributed by atoms with E-state index >= 15 is 0 Å². The summed E-state index contributed by atoms with van der Waals surface area (Å²) in [5, 5.41) is 8.94. The van der Waals surface area contributed by atoms with E-state index < -0.39 is 11.8 Å². The number of ether oxygens (including phenoxy) is 1. The van der Waals surface area contributed by atoms with Crippen LogP contribution in [-0.2, 0) is 6.61 Å². The van der Waals surface area contributed by atoms with Crippen molar-refractivity contribution < 1.29 is 19.0 Å². The highest BCUT2D eigenvalue weighted by molar-refractivity contribution is 14.1. The maximum Gasteiger partial charge on any atom is 0.335 e. The van der Waals surface area contributed by atoms with Crippen LogP contribution in [-0.4, -0.2) is 11.1 Å². The lowest BCUT2D eigenvalue weighted by Crippen LogP contribution is -2.04. The summed E-state index contributed by atoms with van der Waals surface area (Å²) in [6, 6.07) is 7.60. The second-order valence-electron chi connectivity index (χ2n) is 4.10. The molecular formula is C14H8FI3O3. The molecule has 0 saturated heterocycles. The molecule has 0 amide bonds. The molecule has 0 aromatic heterocycles.